The molecule has 170 valence electrons. The van der Waals surface area contributed by atoms with Crippen LogP contribution >= 0.6 is 0 Å². The number of amides is 1. The van der Waals surface area contributed by atoms with Gasteiger partial charge in [0.05, 0.1) is 0 Å². The molecular weight excluding hydrogens is 366 g/mol. The molecule has 0 aromatic rings. The quantitative estimate of drug-likeness (QED) is 0.467. The Morgan fingerprint density at radius 2 is 1.80 bits per heavy atom. The van der Waals surface area contributed by atoms with E-state index in [-0.39, 0.29) is 5.91 Å². The molecule has 3 aliphatic carbocycles. The fourth-order valence-electron chi connectivity index (χ4n) is 9.03. The van der Waals surface area contributed by atoms with Crippen LogP contribution in [0.15, 0.2) is 12.7 Å². The van der Waals surface area contributed by atoms with E-state index in [9.17, 15) is 4.79 Å². The molecule has 4 fully saturated rings. The number of allylic oxidation sites excluding steroid dienone is 1. The van der Waals surface area contributed by atoms with Crippen LogP contribution in [0.1, 0.15) is 98.8 Å². The lowest BCUT2D eigenvalue weighted by atomic mass is 9.44. The van der Waals surface area contributed by atoms with Gasteiger partial charge in [0.1, 0.15) is 0 Å². The Morgan fingerprint density at radius 1 is 1.07 bits per heavy atom. The molecule has 9 atom stereocenters. The summed E-state index contributed by atoms with van der Waals surface area (Å²) >= 11 is 0. The fraction of sp³-hybridized carbons (Fsp3) is 0.893. The lowest BCUT2D eigenvalue weighted by Gasteiger charge is -2.62. The van der Waals surface area contributed by atoms with Crippen LogP contribution in [-0.2, 0) is 4.79 Å². The predicted octanol–water partition coefficient (Wildman–Crippen LogP) is 7.00. The molecule has 3 saturated carbocycles. The maximum absolute atomic E-state index is 12.2. The second-order valence-electron chi connectivity index (χ2n) is 12.6. The highest BCUT2D eigenvalue weighted by atomic mass is 16.1. The first-order chi connectivity index (χ1) is 14.2. The Balaban J connectivity index is 1.55. The third-order valence-corrected chi connectivity index (χ3v) is 10.7. The maximum Gasteiger partial charge on any atom is 0.220 e. The van der Waals surface area contributed by atoms with Crippen molar-refractivity contribution in [3.63, 3.8) is 0 Å². The topological polar surface area (TPSA) is 29.1 Å². The van der Waals surface area contributed by atoms with E-state index in [0.29, 0.717) is 22.8 Å². The molecule has 2 nitrogen and oxygen atoms in total. The second kappa shape index (κ2) is 8.28. The number of carbonyl (C=O) groups is 1. The first kappa shape index (κ1) is 22.4. The minimum absolute atomic E-state index is 0.274. The van der Waals surface area contributed by atoms with E-state index in [0.717, 1.165) is 54.8 Å². The van der Waals surface area contributed by atoms with Crippen LogP contribution in [0.4, 0.5) is 0 Å². The SMILES string of the molecule is C=C[C@H]1C[C@H]2NC(=O)CC[C@]2(C)C2CC[C@]3(C)C(C(C)CCCC(C)C)CCC3C21. The van der Waals surface area contributed by atoms with Gasteiger partial charge < -0.3 is 5.32 Å². The van der Waals surface area contributed by atoms with E-state index in [1.54, 1.807) is 0 Å². The number of fused-ring (bicyclic) bond motifs is 5. The summed E-state index contributed by atoms with van der Waals surface area (Å²) in [5.74, 6) is 5.84. The third kappa shape index (κ3) is 3.58. The zero-order chi connectivity index (χ0) is 21.7. The predicted molar refractivity (Wildman–Crippen MR) is 126 cm³/mol. The highest BCUT2D eigenvalue weighted by Crippen LogP contribution is 2.68. The molecule has 0 aromatic heterocycles. The maximum atomic E-state index is 12.2. The van der Waals surface area contributed by atoms with Gasteiger partial charge in [0, 0.05) is 12.5 Å². The second-order valence-corrected chi connectivity index (χ2v) is 12.6. The third-order valence-electron chi connectivity index (χ3n) is 10.7. The van der Waals surface area contributed by atoms with Crippen LogP contribution in [0.3, 0.4) is 0 Å². The molecule has 2 heteroatoms. The monoisotopic (exact) mass is 413 g/mol. The van der Waals surface area contributed by atoms with E-state index in [2.05, 4.69) is 52.6 Å². The molecule has 0 aromatic carbocycles. The molecule has 1 heterocycles. The minimum atomic E-state index is 0.274. The van der Waals surface area contributed by atoms with E-state index in [1.165, 1.54) is 44.9 Å². The van der Waals surface area contributed by atoms with Crippen LogP contribution in [0.2, 0.25) is 0 Å². The zero-order valence-corrected chi connectivity index (χ0v) is 20.4. The van der Waals surface area contributed by atoms with Crippen molar-refractivity contribution < 1.29 is 4.79 Å². The smallest absolute Gasteiger partial charge is 0.220 e. The van der Waals surface area contributed by atoms with Crippen molar-refractivity contribution in [2.24, 2.45) is 52.3 Å². The number of piperidine rings is 1. The highest BCUT2D eigenvalue weighted by Gasteiger charge is 2.62. The zero-order valence-electron chi connectivity index (χ0n) is 20.4. The molecule has 0 spiro atoms. The standard InChI is InChI=1S/C28H47NO/c1-7-20-17-24-28(6,16-14-25(30)29-24)23-13-15-27(5)21(11-12-22(27)26(20)23)19(4)10-8-9-18(2)3/h7,18-24,26H,1,8-17H2,2-6H3,(H,29,30)/t19?,20-,21?,22?,23?,24+,26?,27+,28+/m0/s1. The van der Waals surface area contributed by atoms with Crippen molar-refractivity contribution in [1.82, 2.24) is 5.32 Å². The van der Waals surface area contributed by atoms with Gasteiger partial charge in [-0.2, -0.15) is 0 Å². The van der Waals surface area contributed by atoms with Crippen molar-refractivity contribution in [2.45, 2.75) is 105 Å². The van der Waals surface area contributed by atoms with Gasteiger partial charge in [-0.05, 0) is 90.8 Å². The molecule has 1 saturated heterocycles. The van der Waals surface area contributed by atoms with Crippen LogP contribution in [0, 0.1) is 52.3 Å². The first-order valence-electron chi connectivity index (χ1n) is 13.1. The van der Waals surface area contributed by atoms with Crippen molar-refractivity contribution >= 4 is 5.91 Å². The average molecular weight is 414 g/mol. The summed E-state index contributed by atoms with van der Waals surface area (Å²) in [5.41, 5.74) is 0.807. The molecule has 4 rings (SSSR count). The van der Waals surface area contributed by atoms with E-state index in [4.69, 9.17) is 0 Å². The normalized spacial score (nSPS) is 46.5. The van der Waals surface area contributed by atoms with Gasteiger partial charge in [-0.25, -0.2) is 0 Å². The summed E-state index contributed by atoms with van der Waals surface area (Å²) < 4.78 is 0. The lowest BCUT2D eigenvalue weighted by Crippen LogP contribution is -2.63. The molecule has 0 bridgehead atoms. The number of hydrogen-bond acceptors (Lipinski definition) is 1. The number of rotatable bonds is 6. The van der Waals surface area contributed by atoms with Crippen molar-refractivity contribution in [1.29, 1.82) is 0 Å². The molecule has 1 aliphatic heterocycles. The van der Waals surface area contributed by atoms with Crippen LogP contribution in [0.25, 0.3) is 0 Å². The molecular formula is C28H47NO. The van der Waals surface area contributed by atoms with Crippen molar-refractivity contribution in [3.05, 3.63) is 12.7 Å². The van der Waals surface area contributed by atoms with Gasteiger partial charge in [-0.3, -0.25) is 4.79 Å². The lowest BCUT2D eigenvalue weighted by molar-refractivity contribution is -0.142. The summed E-state index contributed by atoms with van der Waals surface area (Å²) in [6, 6.07) is 0.361. The Labute approximate surface area is 186 Å². The number of carbonyl (C=O) groups excluding carboxylic acids is 1. The summed E-state index contributed by atoms with van der Waals surface area (Å²) in [6.07, 6.45) is 15.0. The molecule has 4 aliphatic rings. The van der Waals surface area contributed by atoms with Gasteiger partial charge >= 0.3 is 0 Å². The molecule has 1 amide bonds. The van der Waals surface area contributed by atoms with Gasteiger partial charge in [0.25, 0.3) is 0 Å². The average Bonchev–Trinajstić information content (AvgIpc) is 3.05. The van der Waals surface area contributed by atoms with Crippen LogP contribution in [0.5, 0.6) is 0 Å². The largest absolute Gasteiger partial charge is 0.353 e. The molecule has 0 radical (unpaired) electrons. The van der Waals surface area contributed by atoms with E-state index >= 15 is 0 Å². The Bertz CT molecular complexity index is 655. The minimum Gasteiger partial charge on any atom is -0.353 e. The summed E-state index contributed by atoms with van der Waals surface area (Å²) in [7, 11) is 0. The van der Waals surface area contributed by atoms with Gasteiger partial charge in [-0.1, -0.05) is 60.0 Å². The molecule has 5 unspecified atom stereocenters. The van der Waals surface area contributed by atoms with Crippen molar-refractivity contribution in [3.8, 4) is 0 Å². The van der Waals surface area contributed by atoms with Gasteiger partial charge in [0.15, 0.2) is 0 Å². The summed E-state index contributed by atoms with van der Waals surface area (Å²) in [5, 5.41) is 3.40. The Morgan fingerprint density at radius 3 is 2.50 bits per heavy atom. The van der Waals surface area contributed by atoms with E-state index in [1.807, 2.05) is 0 Å². The Hall–Kier alpha value is -0.790. The molecule has 1 N–H and O–H groups in total. The highest BCUT2D eigenvalue weighted by molar-refractivity contribution is 5.77. The summed E-state index contributed by atoms with van der Waals surface area (Å²) in [6.45, 7) is 16.8. The first-order valence-corrected chi connectivity index (χ1v) is 13.1. The number of nitrogens with one attached hydrogen (secondary N) is 1. The van der Waals surface area contributed by atoms with Gasteiger partial charge in [0.2, 0.25) is 5.91 Å². The van der Waals surface area contributed by atoms with Crippen LogP contribution < -0.4 is 5.32 Å². The Kier molecular flexibility index (Phi) is 6.19. The fourth-order valence-corrected chi connectivity index (χ4v) is 9.03. The van der Waals surface area contributed by atoms with Crippen molar-refractivity contribution in [2.75, 3.05) is 0 Å². The number of hydrogen-bond donors (Lipinski definition) is 1. The summed E-state index contributed by atoms with van der Waals surface area (Å²) in [4.78, 5) is 12.2. The van der Waals surface area contributed by atoms with E-state index < -0.39 is 0 Å². The van der Waals surface area contributed by atoms with Crippen LogP contribution in [-0.4, -0.2) is 11.9 Å². The van der Waals surface area contributed by atoms with Gasteiger partial charge in [-0.15, -0.1) is 6.58 Å². The molecule has 30 heavy (non-hydrogen) atoms.